The molecular weight excluding hydrogens is 356 g/mol. The molecule has 3 rings (SSSR count). The first kappa shape index (κ1) is 19.3. The highest BCUT2D eigenvalue weighted by atomic mass is 16.5. The zero-order valence-electron chi connectivity index (χ0n) is 16.3. The maximum absolute atomic E-state index is 12.6. The van der Waals surface area contributed by atoms with E-state index in [1.54, 1.807) is 32.2 Å². The molecule has 1 aromatic heterocycles. The molecule has 0 aliphatic carbocycles. The van der Waals surface area contributed by atoms with Crippen molar-refractivity contribution < 1.29 is 9.53 Å². The molecule has 0 radical (unpaired) electrons. The van der Waals surface area contributed by atoms with Gasteiger partial charge in [0.05, 0.1) is 19.0 Å². The highest BCUT2D eigenvalue weighted by molar-refractivity contribution is 5.94. The summed E-state index contributed by atoms with van der Waals surface area (Å²) in [4.78, 5) is 29.1. The van der Waals surface area contributed by atoms with Crippen molar-refractivity contribution in [3.8, 4) is 17.0 Å². The zero-order valence-corrected chi connectivity index (χ0v) is 16.3. The fraction of sp³-hybridized carbons (Fsp3) is 0.238. The van der Waals surface area contributed by atoms with E-state index in [1.807, 2.05) is 38.1 Å². The Labute approximate surface area is 163 Å². The van der Waals surface area contributed by atoms with Crippen molar-refractivity contribution >= 4 is 11.6 Å². The van der Waals surface area contributed by atoms with Crippen LogP contribution in [0.2, 0.25) is 0 Å². The minimum atomic E-state index is -0.805. The van der Waals surface area contributed by atoms with Crippen LogP contribution in [0.25, 0.3) is 11.3 Å². The smallest absolute Gasteiger partial charge is 0.365 e. The third-order valence-electron chi connectivity index (χ3n) is 4.47. The monoisotopic (exact) mass is 378 g/mol. The highest BCUT2D eigenvalue weighted by Crippen LogP contribution is 2.21. The molecule has 0 aliphatic rings. The molecule has 0 spiro atoms. The highest BCUT2D eigenvalue weighted by Gasteiger charge is 2.19. The van der Waals surface area contributed by atoms with E-state index in [0.717, 1.165) is 15.8 Å². The van der Waals surface area contributed by atoms with Gasteiger partial charge >= 0.3 is 5.69 Å². The standard InChI is InChI=1S/C21H22N4O3/c1-13-8-9-18(14(2)10-13)23-20(26)15(3)25-21(27)24-19(12-22-25)16-6-5-7-17(11-16)28-4/h5-12,15H,1-4H3,(H,23,26)/t15-/m0/s1. The lowest BCUT2D eigenvalue weighted by Crippen LogP contribution is -2.35. The van der Waals surface area contributed by atoms with E-state index in [0.29, 0.717) is 22.7 Å². The Morgan fingerprint density at radius 2 is 1.96 bits per heavy atom. The Morgan fingerprint density at radius 1 is 1.18 bits per heavy atom. The number of methoxy groups -OCH3 is 1. The Bertz CT molecular complexity index is 1080. The van der Waals surface area contributed by atoms with Crippen LogP contribution in [0.3, 0.4) is 0 Å². The third-order valence-corrected chi connectivity index (χ3v) is 4.47. The number of amides is 1. The number of aryl methyl sites for hydroxylation is 2. The maximum atomic E-state index is 12.6. The number of rotatable bonds is 5. The zero-order chi connectivity index (χ0) is 20.3. The largest absolute Gasteiger partial charge is 0.497 e. The molecule has 1 atom stereocenters. The lowest BCUT2D eigenvalue weighted by Gasteiger charge is -2.15. The van der Waals surface area contributed by atoms with Crippen molar-refractivity contribution in [3.63, 3.8) is 0 Å². The Hall–Kier alpha value is -3.48. The van der Waals surface area contributed by atoms with Crippen molar-refractivity contribution in [2.45, 2.75) is 26.8 Å². The molecule has 7 nitrogen and oxygen atoms in total. The average molecular weight is 378 g/mol. The molecule has 0 aliphatic heterocycles. The van der Waals surface area contributed by atoms with Crippen LogP contribution in [0.5, 0.6) is 5.75 Å². The number of aromatic nitrogens is 3. The number of benzene rings is 2. The van der Waals surface area contributed by atoms with Crippen molar-refractivity contribution in [1.29, 1.82) is 0 Å². The number of hydrogen-bond donors (Lipinski definition) is 1. The molecule has 28 heavy (non-hydrogen) atoms. The first-order chi connectivity index (χ1) is 13.4. The molecule has 0 unspecified atom stereocenters. The van der Waals surface area contributed by atoms with Crippen LogP contribution >= 0.6 is 0 Å². The van der Waals surface area contributed by atoms with Gasteiger partial charge in [0.15, 0.2) is 0 Å². The van der Waals surface area contributed by atoms with Crippen molar-refractivity contribution in [1.82, 2.24) is 14.8 Å². The average Bonchev–Trinajstić information content (AvgIpc) is 2.69. The minimum Gasteiger partial charge on any atom is -0.497 e. The maximum Gasteiger partial charge on any atom is 0.365 e. The van der Waals surface area contributed by atoms with Crippen LogP contribution in [0.1, 0.15) is 24.1 Å². The SMILES string of the molecule is COc1cccc(-c2cnn([C@@H](C)C(=O)Nc3ccc(C)cc3C)c(=O)n2)c1. The number of carbonyl (C=O) groups excluding carboxylic acids is 1. The predicted octanol–water partition coefficient (Wildman–Crippen LogP) is 3.13. The molecule has 1 heterocycles. The van der Waals surface area contributed by atoms with Crippen molar-refractivity contribution in [2.75, 3.05) is 12.4 Å². The number of nitrogens with zero attached hydrogens (tertiary/aromatic N) is 3. The summed E-state index contributed by atoms with van der Waals surface area (Å²) in [5, 5.41) is 6.99. The molecule has 3 aromatic rings. The van der Waals surface area contributed by atoms with Gasteiger partial charge in [0.2, 0.25) is 5.91 Å². The van der Waals surface area contributed by atoms with Gasteiger partial charge in [0.25, 0.3) is 0 Å². The van der Waals surface area contributed by atoms with Crippen LogP contribution < -0.4 is 15.7 Å². The van der Waals surface area contributed by atoms with Crippen LogP contribution in [-0.4, -0.2) is 27.8 Å². The van der Waals surface area contributed by atoms with E-state index in [2.05, 4.69) is 15.4 Å². The summed E-state index contributed by atoms with van der Waals surface area (Å²) in [6.45, 7) is 5.52. The van der Waals surface area contributed by atoms with E-state index >= 15 is 0 Å². The van der Waals surface area contributed by atoms with Gasteiger partial charge in [-0.25, -0.2) is 9.48 Å². The summed E-state index contributed by atoms with van der Waals surface area (Å²) in [5.74, 6) is 0.321. The second kappa shape index (κ2) is 8.04. The van der Waals surface area contributed by atoms with Crippen LogP contribution in [0.4, 0.5) is 5.69 Å². The van der Waals surface area contributed by atoms with Gasteiger partial charge in [0, 0.05) is 11.3 Å². The molecule has 7 heteroatoms. The fourth-order valence-corrected chi connectivity index (χ4v) is 2.84. The van der Waals surface area contributed by atoms with Gasteiger partial charge in [-0.2, -0.15) is 10.1 Å². The second-order valence-corrected chi connectivity index (χ2v) is 6.58. The van der Waals surface area contributed by atoms with Gasteiger partial charge in [0.1, 0.15) is 11.8 Å². The van der Waals surface area contributed by atoms with Crippen LogP contribution in [0, 0.1) is 13.8 Å². The first-order valence-corrected chi connectivity index (χ1v) is 8.87. The van der Waals surface area contributed by atoms with E-state index in [-0.39, 0.29) is 5.91 Å². The summed E-state index contributed by atoms with van der Waals surface area (Å²) in [6, 6.07) is 12.1. The van der Waals surface area contributed by atoms with E-state index in [1.165, 1.54) is 6.20 Å². The van der Waals surface area contributed by atoms with Crippen molar-refractivity contribution in [2.24, 2.45) is 0 Å². The van der Waals surface area contributed by atoms with Gasteiger partial charge in [-0.1, -0.05) is 29.8 Å². The molecule has 0 saturated carbocycles. The van der Waals surface area contributed by atoms with E-state index < -0.39 is 11.7 Å². The summed E-state index contributed by atoms with van der Waals surface area (Å²) in [7, 11) is 1.57. The molecule has 0 fully saturated rings. The molecular formula is C21H22N4O3. The molecule has 1 N–H and O–H groups in total. The fourth-order valence-electron chi connectivity index (χ4n) is 2.84. The number of ether oxygens (including phenoxy) is 1. The quantitative estimate of drug-likeness (QED) is 0.737. The molecule has 0 bridgehead atoms. The first-order valence-electron chi connectivity index (χ1n) is 8.87. The Balaban J connectivity index is 1.82. The Morgan fingerprint density at radius 3 is 2.64 bits per heavy atom. The number of nitrogens with one attached hydrogen (secondary N) is 1. The summed E-state index contributed by atoms with van der Waals surface area (Å²) in [6.07, 6.45) is 1.47. The lowest BCUT2D eigenvalue weighted by molar-refractivity contribution is -0.119. The van der Waals surface area contributed by atoms with Gasteiger partial charge in [-0.15, -0.1) is 0 Å². The lowest BCUT2D eigenvalue weighted by atomic mass is 10.1. The minimum absolute atomic E-state index is 0.336. The molecule has 0 saturated heterocycles. The number of anilines is 1. The third kappa shape index (κ3) is 4.09. The predicted molar refractivity (Wildman–Crippen MR) is 108 cm³/mol. The van der Waals surface area contributed by atoms with Crippen LogP contribution in [0.15, 0.2) is 53.5 Å². The van der Waals surface area contributed by atoms with Crippen LogP contribution in [-0.2, 0) is 4.79 Å². The summed E-state index contributed by atoms with van der Waals surface area (Å²) >= 11 is 0. The summed E-state index contributed by atoms with van der Waals surface area (Å²) in [5.41, 5.74) is 3.30. The van der Waals surface area contributed by atoms with Gasteiger partial charge < -0.3 is 10.1 Å². The van der Waals surface area contributed by atoms with E-state index in [9.17, 15) is 9.59 Å². The van der Waals surface area contributed by atoms with Gasteiger partial charge in [-0.3, -0.25) is 4.79 Å². The molecule has 1 amide bonds. The number of carbonyl (C=O) groups is 1. The topological polar surface area (TPSA) is 86.1 Å². The summed E-state index contributed by atoms with van der Waals surface area (Å²) < 4.78 is 6.26. The second-order valence-electron chi connectivity index (χ2n) is 6.58. The number of hydrogen-bond acceptors (Lipinski definition) is 5. The van der Waals surface area contributed by atoms with Crippen molar-refractivity contribution in [3.05, 3.63) is 70.3 Å². The molecule has 144 valence electrons. The van der Waals surface area contributed by atoms with Gasteiger partial charge in [-0.05, 0) is 44.5 Å². The Kier molecular flexibility index (Phi) is 5.54. The normalized spacial score (nSPS) is 11.7. The molecule has 2 aromatic carbocycles. The van der Waals surface area contributed by atoms with E-state index in [4.69, 9.17) is 4.74 Å².